The molecule has 0 bridgehead atoms. The van der Waals surface area contributed by atoms with E-state index in [1.54, 1.807) is 18.7 Å². The van der Waals surface area contributed by atoms with Crippen molar-refractivity contribution in [2.45, 2.75) is 36.5 Å². The zero-order chi connectivity index (χ0) is 16.1. The van der Waals surface area contributed by atoms with Gasteiger partial charge in [-0.25, -0.2) is 0 Å². The molecule has 1 aliphatic rings. The zero-order valence-electron chi connectivity index (χ0n) is 13.0. The Morgan fingerprint density at radius 2 is 2.26 bits per heavy atom. The molecular weight excluding hydrogens is 312 g/mol. The minimum atomic E-state index is -0.0113. The molecule has 1 fully saturated rings. The monoisotopic (exact) mass is 332 g/mol. The Kier molecular flexibility index (Phi) is 5.30. The maximum Gasteiger partial charge on any atom is 0.251 e. The maximum atomic E-state index is 12.2. The van der Waals surface area contributed by atoms with E-state index in [2.05, 4.69) is 20.8 Å². The van der Waals surface area contributed by atoms with Crippen LogP contribution in [0.15, 0.2) is 33.7 Å². The van der Waals surface area contributed by atoms with Gasteiger partial charge in [-0.2, -0.15) is 4.98 Å². The molecule has 0 aliphatic carbocycles. The molecule has 0 radical (unpaired) electrons. The molecule has 1 aliphatic heterocycles. The highest BCUT2D eigenvalue weighted by Gasteiger charge is 2.16. The lowest BCUT2D eigenvalue weighted by molar-refractivity contribution is 0.0930. The summed E-state index contributed by atoms with van der Waals surface area (Å²) in [5, 5.41) is 10.1. The summed E-state index contributed by atoms with van der Waals surface area (Å²) in [5.41, 5.74) is 0.688. The Morgan fingerprint density at radius 1 is 1.43 bits per heavy atom. The van der Waals surface area contributed by atoms with Crippen LogP contribution in [-0.4, -0.2) is 35.2 Å². The lowest BCUT2D eigenvalue weighted by Crippen LogP contribution is -2.45. The van der Waals surface area contributed by atoms with Gasteiger partial charge in [-0.05, 0) is 50.6 Å². The van der Waals surface area contributed by atoms with Crippen molar-refractivity contribution in [2.24, 2.45) is 0 Å². The summed E-state index contributed by atoms with van der Waals surface area (Å²) in [5.74, 6) is 1.87. The number of nitrogens with one attached hydrogen (secondary N) is 2. The number of aryl methyl sites for hydroxylation is 1. The van der Waals surface area contributed by atoms with Crippen LogP contribution in [0.5, 0.6) is 0 Å². The van der Waals surface area contributed by atoms with Crippen molar-refractivity contribution in [1.29, 1.82) is 0 Å². The molecule has 3 rings (SSSR count). The van der Waals surface area contributed by atoms with Crippen molar-refractivity contribution in [3.05, 3.63) is 41.5 Å². The van der Waals surface area contributed by atoms with E-state index in [-0.39, 0.29) is 11.9 Å². The van der Waals surface area contributed by atoms with E-state index in [0.717, 1.165) is 30.8 Å². The van der Waals surface area contributed by atoms with Gasteiger partial charge in [-0.15, -0.1) is 11.8 Å². The molecule has 0 saturated carbocycles. The van der Waals surface area contributed by atoms with Crippen LogP contribution in [0.2, 0.25) is 0 Å². The number of rotatable bonds is 5. The van der Waals surface area contributed by atoms with E-state index < -0.39 is 0 Å². The van der Waals surface area contributed by atoms with Crippen LogP contribution in [0.1, 0.15) is 34.9 Å². The molecule has 1 atom stereocenters. The number of benzene rings is 1. The van der Waals surface area contributed by atoms with Gasteiger partial charge in [0.2, 0.25) is 5.89 Å². The van der Waals surface area contributed by atoms with Crippen LogP contribution in [0, 0.1) is 6.92 Å². The second-order valence-corrected chi connectivity index (χ2v) is 6.61. The largest absolute Gasteiger partial charge is 0.348 e. The van der Waals surface area contributed by atoms with E-state index >= 15 is 0 Å². The van der Waals surface area contributed by atoms with Gasteiger partial charge in [0.15, 0.2) is 5.82 Å². The number of thioether (sulfide) groups is 1. The number of nitrogens with zero attached hydrogens (tertiary/aromatic N) is 2. The first-order valence-corrected chi connectivity index (χ1v) is 8.73. The Labute approximate surface area is 139 Å². The van der Waals surface area contributed by atoms with Crippen molar-refractivity contribution in [2.75, 3.05) is 13.1 Å². The summed E-state index contributed by atoms with van der Waals surface area (Å²) >= 11 is 1.60. The van der Waals surface area contributed by atoms with E-state index in [0.29, 0.717) is 23.0 Å². The molecule has 1 aromatic carbocycles. The summed E-state index contributed by atoms with van der Waals surface area (Å²) < 4.78 is 5.08. The second kappa shape index (κ2) is 7.61. The fourth-order valence-corrected chi connectivity index (χ4v) is 3.23. The molecule has 0 unspecified atom stereocenters. The predicted octanol–water partition coefficient (Wildman–Crippen LogP) is 2.15. The van der Waals surface area contributed by atoms with Crippen LogP contribution >= 0.6 is 11.8 Å². The summed E-state index contributed by atoms with van der Waals surface area (Å²) in [6, 6.07) is 7.83. The number of hydrogen-bond donors (Lipinski definition) is 2. The van der Waals surface area contributed by atoms with Crippen LogP contribution in [0.3, 0.4) is 0 Å². The Morgan fingerprint density at radius 3 is 2.91 bits per heavy atom. The van der Waals surface area contributed by atoms with Crippen LogP contribution in [-0.2, 0) is 5.75 Å². The normalized spacial score (nSPS) is 17.9. The first-order valence-electron chi connectivity index (χ1n) is 7.74. The van der Waals surface area contributed by atoms with Gasteiger partial charge in [-0.1, -0.05) is 5.16 Å². The molecule has 1 saturated heterocycles. The number of amides is 1. The molecule has 2 heterocycles. The quantitative estimate of drug-likeness (QED) is 0.817. The molecule has 23 heavy (non-hydrogen) atoms. The number of carbonyl (C=O) groups excluding carboxylic acids is 1. The van der Waals surface area contributed by atoms with Gasteiger partial charge in [-0.3, -0.25) is 4.79 Å². The molecule has 1 aromatic heterocycles. The number of piperidine rings is 1. The molecule has 2 N–H and O–H groups in total. The molecule has 6 nitrogen and oxygen atoms in total. The molecule has 2 aromatic rings. The second-order valence-electron chi connectivity index (χ2n) is 5.57. The maximum absolute atomic E-state index is 12.2. The third kappa shape index (κ3) is 4.56. The van der Waals surface area contributed by atoms with Gasteiger partial charge in [0.25, 0.3) is 5.91 Å². The van der Waals surface area contributed by atoms with Crippen LogP contribution < -0.4 is 10.6 Å². The molecule has 122 valence electrons. The third-order valence-corrected chi connectivity index (χ3v) is 4.68. The van der Waals surface area contributed by atoms with Crippen molar-refractivity contribution in [3.63, 3.8) is 0 Å². The van der Waals surface area contributed by atoms with Gasteiger partial charge >= 0.3 is 0 Å². The Bertz CT molecular complexity index is 650. The van der Waals surface area contributed by atoms with Gasteiger partial charge < -0.3 is 15.2 Å². The average molecular weight is 332 g/mol. The molecule has 1 amide bonds. The average Bonchev–Trinajstić information content (AvgIpc) is 3.00. The summed E-state index contributed by atoms with van der Waals surface area (Å²) in [6.45, 7) is 3.69. The van der Waals surface area contributed by atoms with E-state index in [9.17, 15) is 4.79 Å². The van der Waals surface area contributed by atoms with Crippen LogP contribution in [0.25, 0.3) is 0 Å². The van der Waals surface area contributed by atoms with E-state index in [1.165, 1.54) is 0 Å². The third-order valence-electron chi connectivity index (χ3n) is 3.68. The predicted molar refractivity (Wildman–Crippen MR) is 88.4 cm³/mol. The standard InChI is InChI=1S/C16H20N4O2S/c1-11-18-15(22-20-11)10-23-14-6-4-12(5-7-14)16(21)19-13-3-2-8-17-9-13/h4-7,13,17H,2-3,8-10H2,1H3,(H,19,21)/t13-/m0/s1. The topological polar surface area (TPSA) is 80.0 Å². The lowest BCUT2D eigenvalue weighted by atomic mass is 10.1. The van der Waals surface area contributed by atoms with Crippen molar-refractivity contribution in [1.82, 2.24) is 20.8 Å². The Hall–Kier alpha value is -1.86. The molecule has 7 heteroatoms. The zero-order valence-corrected chi connectivity index (χ0v) is 13.9. The van der Waals surface area contributed by atoms with Crippen LogP contribution in [0.4, 0.5) is 0 Å². The number of carbonyl (C=O) groups is 1. The first-order chi connectivity index (χ1) is 11.2. The lowest BCUT2D eigenvalue weighted by Gasteiger charge is -2.23. The van der Waals surface area contributed by atoms with Gasteiger partial charge in [0, 0.05) is 23.0 Å². The van der Waals surface area contributed by atoms with Crippen molar-refractivity contribution < 1.29 is 9.32 Å². The van der Waals surface area contributed by atoms with Gasteiger partial charge in [0.05, 0.1) is 5.75 Å². The fourth-order valence-electron chi connectivity index (χ4n) is 2.49. The highest BCUT2D eigenvalue weighted by Crippen LogP contribution is 2.22. The SMILES string of the molecule is Cc1noc(CSc2ccc(C(=O)N[C@H]3CCCNC3)cc2)n1. The minimum Gasteiger partial charge on any atom is -0.348 e. The smallest absolute Gasteiger partial charge is 0.251 e. The highest BCUT2D eigenvalue weighted by atomic mass is 32.2. The van der Waals surface area contributed by atoms with Crippen molar-refractivity contribution in [3.8, 4) is 0 Å². The highest BCUT2D eigenvalue weighted by molar-refractivity contribution is 7.98. The summed E-state index contributed by atoms with van der Waals surface area (Å²) in [6.07, 6.45) is 2.14. The van der Waals surface area contributed by atoms with Gasteiger partial charge in [0.1, 0.15) is 0 Å². The fraction of sp³-hybridized carbons (Fsp3) is 0.438. The van der Waals surface area contributed by atoms with E-state index in [4.69, 9.17) is 4.52 Å². The number of hydrogen-bond acceptors (Lipinski definition) is 6. The molecular formula is C16H20N4O2S. The minimum absolute atomic E-state index is 0.0113. The summed E-state index contributed by atoms with van der Waals surface area (Å²) in [7, 11) is 0. The first kappa shape index (κ1) is 16.0. The number of aromatic nitrogens is 2. The Balaban J connectivity index is 1.52. The summed E-state index contributed by atoms with van der Waals surface area (Å²) in [4.78, 5) is 17.5. The van der Waals surface area contributed by atoms with E-state index in [1.807, 2.05) is 24.3 Å². The van der Waals surface area contributed by atoms with Crippen molar-refractivity contribution >= 4 is 17.7 Å². The molecule has 0 spiro atoms.